The first-order chi connectivity index (χ1) is 12.6. The van der Waals surface area contributed by atoms with Gasteiger partial charge in [-0.1, -0.05) is 32.6 Å². The molecule has 1 aliphatic carbocycles. The summed E-state index contributed by atoms with van der Waals surface area (Å²) in [6, 6.07) is 0.312. The van der Waals surface area contributed by atoms with Gasteiger partial charge in [0.1, 0.15) is 0 Å². The summed E-state index contributed by atoms with van der Waals surface area (Å²) in [5.74, 6) is 1.51. The number of rotatable bonds is 8. The lowest BCUT2D eigenvalue weighted by molar-refractivity contribution is -0.135. The molecule has 1 atom stereocenters. The average molecular weight is 366 g/mol. The zero-order valence-electron chi connectivity index (χ0n) is 17.1. The average Bonchev–Trinajstić information content (AvgIpc) is 3.14. The summed E-state index contributed by atoms with van der Waals surface area (Å²) in [6.45, 7) is 6.96. The zero-order valence-corrected chi connectivity index (χ0v) is 17.1. The first kappa shape index (κ1) is 21.0. The van der Waals surface area contributed by atoms with Gasteiger partial charge in [0.2, 0.25) is 5.91 Å². The molecule has 0 radical (unpaired) electrons. The fraction of sp³-hybridized carbons (Fsp3) is 0.900. The third kappa shape index (κ3) is 6.78. The Morgan fingerprint density at radius 3 is 2.65 bits per heavy atom. The number of carbonyl (C=O) groups is 1. The molecule has 150 valence electrons. The van der Waals surface area contributed by atoms with E-state index in [9.17, 15) is 4.79 Å². The predicted octanol–water partition coefficient (Wildman–Crippen LogP) is 2.06. The van der Waals surface area contributed by atoms with Crippen molar-refractivity contribution >= 4 is 11.9 Å². The predicted molar refractivity (Wildman–Crippen MR) is 108 cm³/mol. The van der Waals surface area contributed by atoms with E-state index in [-0.39, 0.29) is 5.92 Å². The molecule has 1 saturated heterocycles. The minimum atomic E-state index is 0.276. The van der Waals surface area contributed by atoms with Gasteiger partial charge in [0.05, 0.1) is 0 Å². The highest BCUT2D eigenvalue weighted by atomic mass is 16.2. The van der Waals surface area contributed by atoms with Gasteiger partial charge in [-0.05, 0) is 39.3 Å². The van der Waals surface area contributed by atoms with Crippen LogP contribution in [-0.2, 0) is 4.79 Å². The molecule has 1 aliphatic heterocycles. The number of aliphatic imine (C=N–C) groups is 1. The largest absolute Gasteiger partial charge is 0.355 e. The Kier molecular flexibility index (Phi) is 9.23. The molecule has 0 aromatic carbocycles. The van der Waals surface area contributed by atoms with Crippen molar-refractivity contribution < 1.29 is 4.79 Å². The highest BCUT2D eigenvalue weighted by Gasteiger charge is 2.31. The fourth-order valence-electron chi connectivity index (χ4n) is 3.98. The molecule has 1 heterocycles. The number of likely N-dealkylation sites (N-methyl/N-ethyl adjacent to an activating group) is 1. The number of nitrogens with one attached hydrogen (secondary N) is 2. The van der Waals surface area contributed by atoms with Gasteiger partial charge < -0.3 is 20.4 Å². The first-order valence-electron chi connectivity index (χ1n) is 10.6. The van der Waals surface area contributed by atoms with Crippen molar-refractivity contribution in [2.75, 3.05) is 46.8 Å². The van der Waals surface area contributed by atoms with Crippen LogP contribution in [0.15, 0.2) is 4.99 Å². The number of carbonyl (C=O) groups excluding carboxylic acids is 1. The van der Waals surface area contributed by atoms with Crippen molar-refractivity contribution in [3.63, 3.8) is 0 Å². The zero-order chi connectivity index (χ0) is 18.8. The summed E-state index contributed by atoms with van der Waals surface area (Å²) < 4.78 is 0. The first-order valence-corrected chi connectivity index (χ1v) is 10.6. The SMILES string of the molecule is CCCCN(C)CCNC(=NC)NC1CCN(C(=O)C2CCCCC2)C1. The topological polar surface area (TPSA) is 60.0 Å². The second-order valence-electron chi connectivity index (χ2n) is 7.90. The molecular formula is C20H39N5O. The number of nitrogens with zero attached hydrogens (tertiary/aromatic N) is 3. The van der Waals surface area contributed by atoms with Crippen LogP contribution >= 0.6 is 0 Å². The van der Waals surface area contributed by atoms with Crippen molar-refractivity contribution in [3.8, 4) is 0 Å². The lowest BCUT2D eigenvalue weighted by Gasteiger charge is -2.26. The molecule has 26 heavy (non-hydrogen) atoms. The van der Waals surface area contributed by atoms with Gasteiger partial charge >= 0.3 is 0 Å². The molecule has 0 spiro atoms. The van der Waals surface area contributed by atoms with Gasteiger partial charge in [-0.2, -0.15) is 0 Å². The molecule has 6 heteroatoms. The van der Waals surface area contributed by atoms with Crippen LogP contribution in [0.5, 0.6) is 0 Å². The Hall–Kier alpha value is -1.30. The fourth-order valence-corrected chi connectivity index (χ4v) is 3.98. The van der Waals surface area contributed by atoms with Crippen LogP contribution in [0.3, 0.4) is 0 Å². The van der Waals surface area contributed by atoms with Gasteiger partial charge in [0, 0.05) is 45.2 Å². The normalized spacial score (nSPS) is 22.1. The minimum Gasteiger partial charge on any atom is -0.355 e. The number of unbranched alkanes of at least 4 members (excludes halogenated alkanes) is 1. The van der Waals surface area contributed by atoms with Gasteiger partial charge in [-0.25, -0.2) is 0 Å². The van der Waals surface area contributed by atoms with Crippen molar-refractivity contribution in [3.05, 3.63) is 0 Å². The lowest BCUT2D eigenvalue weighted by atomic mass is 9.88. The molecule has 2 N–H and O–H groups in total. The monoisotopic (exact) mass is 365 g/mol. The third-order valence-corrected chi connectivity index (χ3v) is 5.70. The Bertz CT molecular complexity index is 447. The Labute approximate surface area is 159 Å². The van der Waals surface area contributed by atoms with Crippen molar-refractivity contribution in [1.29, 1.82) is 0 Å². The molecule has 1 amide bonds. The van der Waals surface area contributed by atoms with E-state index in [2.05, 4.69) is 39.4 Å². The molecule has 2 aliphatic rings. The number of amides is 1. The highest BCUT2D eigenvalue weighted by Crippen LogP contribution is 2.26. The van der Waals surface area contributed by atoms with Gasteiger partial charge in [-0.15, -0.1) is 0 Å². The van der Waals surface area contributed by atoms with Crippen LogP contribution in [0.1, 0.15) is 58.3 Å². The summed E-state index contributed by atoms with van der Waals surface area (Å²) >= 11 is 0. The van der Waals surface area contributed by atoms with E-state index in [0.29, 0.717) is 11.9 Å². The molecule has 1 unspecified atom stereocenters. The number of likely N-dealkylation sites (tertiary alicyclic amines) is 1. The Morgan fingerprint density at radius 2 is 1.96 bits per heavy atom. The highest BCUT2D eigenvalue weighted by molar-refractivity contribution is 5.81. The maximum atomic E-state index is 12.7. The standard InChI is InChI=1S/C20H39N5O/c1-4-5-13-24(3)15-12-22-20(21-2)23-18-11-14-25(16-18)19(26)17-9-7-6-8-10-17/h17-18H,4-16H2,1-3H3,(H2,21,22,23). The summed E-state index contributed by atoms with van der Waals surface area (Å²) in [4.78, 5) is 21.4. The van der Waals surface area contributed by atoms with Crippen LogP contribution in [0.2, 0.25) is 0 Å². The van der Waals surface area contributed by atoms with Crippen LogP contribution in [0, 0.1) is 5.92 Å². The van der Waals surface area contributed by atoms with E-state index in [4.69, 9.17) is 0 Å². The van der Waals surface area contributed by atoms with Gasteiger partial charge in [-0.3, -0.25) is 9.79 Å². The number of guanidine groups is 1. The summed E-state index contributed by atoms with van der Waals surface area (Å²) in [5, 5.41) is 6.90. The van der Waals surface area contributed by atoms with Gasteiger partial charge in [0.15, 0.2) is 5.96 Å². The molecular weight excluding hydrogens is 326 g/mol. The summed E-state index contributed by atoms with van der Waals surface area (Å²) in [5.41, 5.74) is 0. The number of hydrogen-bond acceptors (Lipinski definition) is 3. The van der Waals surface area contributed by atoms with Gasteiger partial charge in [0.25, 0.3) is 0 Å². The molecule has 0 aromatic rings. The third-order valence-electron chi connectivity index (χ3n) is 5.70. The second kappa shape index (κ2) is 11.4. The van der Waals surface area contributed by atoms with E-state index < -0.39 is 0 Å². The summed E-state index contributed by atoms with van der Waals surface area (Å²) in [7, 11) is 3.98. The molecule has 6 nitrogen and oxygen atoms in total. The molecule has 2 fully saturated rings. The second-order valence-corrected chi connectivity index (χ2v) is 7.90. The van der Waals surface area contributed by atoms with E-state index in [1.54, 1.807) is 0 Å². The van der Waals surface area contributed by atoms with E-state index in [0.717, 1.165) is 57.9 Å². The van der Waals surface area contributed by atoms with Crippen molar-refractivity contribution in [2.24, 2.45) is 10.9 Å². The molecule has 1 saturated carbocycles. The van der Waals surface area contributed by atoms with Crippen LogP contribution in [0.4, 0.5) is 0 Å². The molecule has 2 rings (SSSR count). The van der Waals surface area contributed by atoms with Crippen LogP contribution < -0.4 is 10.6 Å². The minimum absolute atomic E-state index is 0.276. The van der Waals surface area contributed by atoms with Crippen LogP contribution in [0.25, 0.3) is 0 Å². The molecule has 0 aromatic heterocycles. The quantitative estimate of drug-likeness (QED) is 0.511. The number of hydrogen-bond donors (Lipinski definition) is 2. The summed E-state index contributed by atoms with van der Waals surface area (Å²) in [6.07, 6.45) is 9.39. The smallest absolute Gasteiger partial charge is 0.225 e. The van der Waals surface area contributed by atoms with E-state index in [1.165, 1.54) is 32.1 Å². The van der Waals surface area contributed by atoms with Crippen molar-refractivity contribution in [1.82, 2.24) is 20.4 Å². The Balaban J connectivity index is 1.68. The maximum Gasteiger partial charge on any atom is 0.225 e. The maximum absolute atomic E-state index is 12.7. The Morgan fingerprint density at radius 1 is 1.19 bits per heavy atom. The van der Waals surface area contributed by atoms with E-state index >= 15 is 0 Å². The molecule has 0 bridgehead atoms. The van der Waals surface area contributed by atoms with E-state index in [1.807, 2.05) is 7.05 Å². The lowest BCUT2D eigenvalue weighted by Crippen LogP contribution is -2.47. The van der Waals surface area contributed by atoms with Crippen molar-refractivity contribution in [2.45, 2.75) is 64.3 Å². The van der Waals surface area contributed by atoms with Crippen LogP contribution in [-0.4, -0.2) is 74.5 Å².